The molecule has 1 fully saturated rings. The monoisotopic (exact) mass is 554 g/mol. The Labute approximate surface area is 236 Å². The van der Waals surface area contributed by atoms with Gasteiger partial charge in [-0.15, -0.1) is 0 Å². The van der Waals surface area contributed by atoms with Crippen LogP contribution in [0, 0.1) is 6.92 Å². The predicted octanol–water partition coefficient (Wildman–Crippen LogP) is 4.73. The Hall–Kier alpha value is -5.07. The van der Waals surface area contributed by atoms with Gasteiger partial charge < -0.3 is 25.0 Å². The zero-order valence-electron chi connectivity index (χ0n) is 23.2. The lowest BCUT2D eigenvalue weighted by atomic mass is 10.2. The molecular weight excluding hydrogens is 524 g/mol. The number of ether oxygens (including phenoxy) is 2. The largest absolute Gasteiger partial charge is 0.457 e. The standard InChI is InChI=1S/C28H30N10O3/c1-17-11-18(5-6-22(17)40-20-8-10-38-23(12-20)31-16-33-38)34-25-24-21(30-15-32-25)13-29-26(36-24)35-19-7-9-37(14-19)27(39)41-28(2,3)4/h5-6,8,10-13,15-16,19H,7,9,14H2,1-4H3,(H,29,35,36)(H,30,32,34)/t19-/m0/s1. The van der Waals surface area contributed by atoms with Crippen LogP contribution >= 0.6 is 0 Å². The molecule has 4 aromatic heterocycles. The number of carbonyl (C=O) groups excluding carboxylic acids is 1. The predicted molar refractivity (Wildman–Crippen MR) is 152 cm³/mol. The van der Waals surface area contributed by atoms with E-state index < -0.39 is 5.60 Å². The van der Waals surface area contributed by atoms with Gasteiger partial charge in [0.1, 0.15) is 40.8 Å². The van der Waals surface area contributed by atoms with Crippen LogP contribution in [0.15, 0.2) is 55.4 Å². The van der Waals surface area contributed by atoms with Gasteiger partial charge in [0.15, 0.2) is 11.5 Å². The van der Waals surface area contributed by atoms with Gasteiger partial charge in [0.25, 0.3) is 0 Å². The maximum Gasteiger partial charge on any atom is 0.410 e. The van der Waals surface area contributed by atoms with Gasteiger partial charge in [0, 0.05) is 37.1 Å². The lowest BCUT2D eigenvalue weighted by molar-refractivity contribution is 0.0293. The summed E-state index contributed by atoms with van der Waals surface area (Å²) >= 11 is 0. The molecule has 0 saturated carbocycles. The van der Waals surface area contributed by atoms with Crippen molar-refractivity contribution in [1.29, 1.82) is 0 Å². The Bertz CT molecular complexity index is 1730. The molecule has 5 aromatic rings. The van der Waals surface area contributed by atoms with E-state index in [-0.39, 0.29) is 12.1 Å². The van der Waals surface area contributed by atoms with Crippen LogP contribution in [0.25, 0.3) is 16.7 Å². The van der Waals surface area contributed by atoms with E-state index in [9.17, 15) is 4.79 Å². The molecule has 13 heteroatoms. The van der Waals surface area contributed by atoms with Crippen LogP contribution in [0.4, 0.5) is 22.2 Å². The van der Waals surface area contributed by atoms with Crippen molar-refractivity contribution in [3.8, 4) is 11.5 Å². The summed E-state index contributed by atoms with van der Waals surface area (Å²) in [6.45, 7) is 8.66. The summed E-state index contributed by atoms with van der Waals surface area (Å²) in [5.74, 6) is 2.38. The lowest BCUT2D eigenvalue weighted by Gasteiger charge is -2.24. The topological polar surface area (TPSA) is 145 Å². The molecular formula is C28H30N10O3. The maximum absolute atomic E-state index is 12.4. The Kier molecular flexibility index (Phi) is 6.69. The summed E-state index contributed by atoms with van der Waals surface area (Å²) in [5, 5.41) is 10.8. The number of pyridine rings is 1. The van der Waals surface area contributed by atoms with Crippen LogP contribution in [-0.2, 0) is 4.74 Å². The average molecular weight is 555 g/mol. The molecule has 0 unspecified atom stereocenters. The molecule has 1 aromatic carbocycles. The minimum atomic E-state index is -0.535. The third-order valence-electron chi connectivity index (χ3n) is 6.47. The highest BCUT2D eigenvalue weighted by atomic mass is 16.6. The molecule has 1 atom stereocenters. The van der Waals surface area contributed by atoms with Gasteiger partial charge in [-0.2, -0.15) is 5.10 Å². The third-order valence-corrected chi connectivity index (χ3v) is 6.47. The van der Waals surface area contributed by atoms with E-state index in [1.165, 1.54) is 12.7 Å². The first-order valence-corrected chi connectivity index (χ1v) is 13.3. The first-order chi connectivity index (χ1) is 19.7. The lowest BCUT2D eigenvalue weighted by Crippen LogP contribution is -2.36. The van der Waals surface area contributed by atoms with Crippen LogP contribution in [0.3, 0.4) is 0 Å². The fourth-order valence-electron chi connectivity index (χ4n) is 4.53. The summed E-state index contributed by atoms with van der Waals surface area (Å²) in [4.78, 5) is 36.2. The summed E-state index contributed by atoms with van der Waals surface area (Å²) < 4.78 is 13.3. The van der Waals surface area contributed by atoms with Gasteiger partial charge in [0.2, 0.25) is 5.95 Å². The molecule has 13 nitrogen and oxygen atoms in total. The van der Waals surface area contributed by atoms with Crippen molar-refractivity contribution >= 4 is 40.2 Å². The van der Waals surface area contributed by atoms with Crippen LogP contribution in [-0.4, -0.2) is 70.3 Å². The van der Waals surface area contributed by atoms with Crippen LogP contribution in [0.5, 0.6) is 11.5 Å². The van der Waals surface area contributed by atoms with E-state index in [0.717, 1.165) is 23.4 Å². The summed E-state index contributed by atoms with van der Waals surface area (Å²) in [6.07, 6.45) is 6.88. The quantitative estimate of drug-likeness (QED) is 0.300. The number of hydrogen-bond donors (Lipinski definition) is 2. The van der Waals surface area contributed by atoms with Crippen LogP contribution < -0.4 is 15.4 Å². The van der Waals surface area contributed by atoms with Crippen molar-refractivity contribution in [2.75, 3.05) is 23.7 Å². The third kappa shape index (κ3) is 5.93. The van der Waals surface area contributed by atoms with Crippen molar-refractivity contribution in [1.82, 2.24) is 39.4 Å². The zero-order chi connectivity index (χ0) is 28.6. The van der Waals surface area contributed by atoms with E-state index in [1.54, 1.807) is 21.8 Å². The molecule has 5 heterocycles. The molecule has 1 saturated heterocycles. The molecule has 0 spiro atoms. The van der Waals surface area contributed by atoms with Gasteiger partial charge >= 0.3 is 6.09 Å². The number of fused-ring (bicyclic) bond motifs is 2. The number of benzene rings is 1. The fourth-order valence-corrected chi connectivity index (χ4v) is 4.53. The molecule has 210 valence electrons. The molecule has 2 N–H and O–H groups in total. The molecule has 1 aliphatic rings. The first-order valence-electron chi connectivity index (χ1n) is 13.3. The van der Waals surface area contributed by atoms with Crippen molar-refractivity contribution in [3.63, 3.8) is 0 Å². The summed E-state index contributed by atoms with van der Waals surface area (Å²) in [7, 11) is 0. The van der Waals surface area contributed by atoms with Crippen molar-refractivity contribution in [2.45, 2.75) is 45.8 Å². The smallest absolute Gasteiger partial charge is 0.410 e. The molecule has 0 radical (unpaired) electrons. The van der Waals surface area contributed by atoms with Crippen LogP contribution in [0.1, 0.15) is 32.8 Å². The summed E-state index contributed by atoms with van der Waals surface area (Å²) in [6, 6.07) is 9.46. The molecule has 41 heavy (non-hydrogen) atoms. The number of aryl methyl sites for hydroxylation is 1. The number of aromatic nitrogens is 7. The number of likely N-dealkylation sites (tertiary alicyclic amines) is 1. The number of nitrogens with zero attached hydrogens (tertiary/aromatic N) is 8. The van der Waals surface area contributed by atoms with E-state index >= 15 is 0 Å². The Morgan fingerprint density at radius 1 is 1.07 bits per heavy atom. The first kappa shape index (κ1) is 26.2. The van der Waals surface area contributed by atoms with E-state index in [1.807, 2.05) is 58.0 Å². The molecule has 0 bridgehead atoms. The number of carbonyl (C=O) groups is 1. The Morgan fingerprint density at radius 2 is 1.95 bits per heavy atom. The second-order valence-corrected chi connectivity index (χ2v) is 10.8. The zero-order valence-corrected chi connectivity index (χ0v) is 23.2. The minimum Gasteiger partial charge on any atom is -0.457 e. The second kappa shape index (κ2) is 10.5. The molecule has 0 aliphatic carbocycles. The van der Waals surface area contributed by atoms with Crippen molar-refractivity contribution in [2.24, 2.45) is 0 Å². The number of amides is 1. The average Bonchev–Trinajstić information content (AvgIpc) is 3.59. The number of hydrogen-bond acceptors (Lipinski definition) is 11. The number of rotatable bonds is 6. The summed E-state index contributed by atoms with van der Waals surface area (Å²) in [5.41, 5.74) is 3.11. The highest BCUT2D eigenvalue weighted by Gasteiger charge is 2.30. The van der Waals surface area contributed by atoms with Crippen molar-refractivity contribution in [3.05, 3.63) is 60.9 Å². The fraction of sp³-hybridized carbons (Fsp3) is 0.321. The molecule has 6 rings (SSSR count). The normalized spacial score (nSPS) is 15.3. The molecule has 1 aliphatic heterocycles. The van der Waals surface area contributed by atoms with E-state index in [4.69, 9.17) is 14.5 Å². The van der Waals surface area contributed by atoms with Gasteiger partial charge in [-0.3, -0.25) is 0 Å². The van der Waals surface area contributed by atoms with E-state index in [0.29, 0.717) is 47.3 Å². The number of nitrogens with one attached hydrogen (secondary N) is 2. The highest BCUT2D eigenvalue weighted by molar-refractivity contribution is 5.87. The van der Waals surface area contributed by atoms with Crippen molar-refractivity contribution < 1.29 is 14.3 Å². The van der Waals surface area contributed by atoms with Gasteiger partial charge in [-0.05, 0) is 63.9 Å². The number of anilines is 3. The van der Waals surface area contributed by atoms with Gasteiger partial charge in [-0.25, -0.2) is 34.2 Å². The minimum absolute atomic E-state index is 0.00154. The Balaban J connectivity index is 1.15. The second-order valence-electron chi connectivity index (χ2n) is 10.8. The van der Waals surface area contributed by atoms with Gasteiger partial charge in [0.05, 0.1) is 6.20 Å². The Morgan fingerprint density at radius 3 is 2.78 bits per heavy atom. The SMILES string of the molecule is Cc1cc(Nc2ncnc3cnc(N[C@H]4CCN(C(=O)OC(C)(C)C)C4)nc23)ccc1Oc1ccn2ncnc2c1. The maximum atomic E-state index is 12.4. The van der Waals surface area contributed by atoms with Crippen LogP contribution in [0.2, 0.25) is 0 Å². The molecule has 1 amide bonds. The van der Waals surface area contributed by atoms with E-state index in [2.05, 4.69) is 35.7 Å². The highest BCUT2D eigenvalue weighted by Crippen LogP contribution is 2.30. The van der Waals surface area contributed by atoms with Gasteiger partial charge in [-0.1, -0.05) is 0 Å².